The van der Waals surface area contributed by atoms with E-state index < -0.39 is 0 Å². The van der Waals surface area contributed by atoms with E-state index in [0.29, 0.717) is 16.7 Å². The van der Waals surface area contributed by atoms with E-state index in [1.807, 2.05) is 6.92 Å². The average Bonchev–Trinajstić information content (AvgIpc) is 2.86. The molecule has 0 bridgehead atoms. The molecule has 2 heterocycles. The van der Waals surface area contributed by atoms with Crippen molar-refractivity contribution < 1.29 is 9.90 Å². The largest absolute Gasteiger partial charge is 0.505 e. The number of ketones is 1. The molecule has 1 aromatic rings. The molecule has 3 nitrogen and oxygen atoms in total. The number of Topliss-reactive ketones (excluding diaryl/α,β-unsaturated/α-hetero) is 1. The molecule has 2 aliphatic rings. The van der Waals surface area contributed by atoms with E-state index in [0.717, 1.165) is 29.2 Å². The van der Waals surface area contributed by atoms with Crippen molar-refractivity contribution in [2.24, 2.45) is 0 Å². The molecule has 1 N–H and O–H groups in total. The van der Waals surface area contributed by atoms with Crippen molar-refractivity contribution in [3.05, 3.63) is 33.0 Å². The lowest BCUT2D eigenvalue weighted by atomic mass is 9.93. The molecule has 0 saturated heterocycles. The molecule has 0 aromatic carbocycles. The first-order chi connectivity index (χ1) is 8.04. The van der Waals surface area contributed by atoms with Gasteiger partial charge in [-0.15, -0.1) is 0 Å². The summed E-state index contributed by atoms with van der Waals surface area (Å²) in [7, 11) is 0. The Kier molecular flexibility index (Phi) is 1.91. The van der Waals surface area contributed by atoms with E-state index in [-0.39, 0.29) is 11.5 Å². The second kappa shape index (κ2) is 3.13. The predicted molar refractivity (Wildman–Crippen MR) is 66.2 cm³/mol. The second-order valence-electron chi connectivity index (χ2n) is 4.81. The summed E-state index contributed by atoms with van der Waals surface area (Å²) >= 11 is 0. The standard InChI is InChI=1S/C14H15NO2/c1-7-8(2)14(17)12-11(13(7)16)9(3)10-5-4-6-15(10)12/h5,17H,4,6H2,1-3H3. The maximum absolute atomic E-state index is 12.3. The Hall–Kier alpha value is -1.77. The van der Waals surface area contributed by atoms with Gasteiger partial charge in [0.25, 0.3) is 0 Å². The number of carbonyl (C=O) groups excluding carboxylic acids is 1. The van der Waals surface area contributed by atoms with Crippen LogP contribution in [0.2, 0.25) is 0 Å². The number of fused-ring (bicyclic) bond motifs is 3. The molecule has 0 fully saturated rings. The van der Waals surface area contributed by atoms with Crippen LogP contribution in [0.4, 0.5) is 0 Å². The van der Waals surface area contributed by atoms with Gasteiger partial charge in [-0.05, 0) is 38.3 Å². The number of hydrogen-bond acceptors (Lipinski definition) is 2. The van der Waals surface area contributed by atoms with Gasteiger partial charge in [0.15, 0.2) is 5.78 Å². The molecule has 17 heavy (non-hydrogen) atoms. The highest BCUT2D eigenvalue weighted by molar-refractivity contribution is 6.13. The smallest absolute Gasteiger partial charge is 0.191 e. The number of carbonyl (C=O) groups is 1. The molecule has 3 rings (SSSR count). The number of hydrogen-bond donors (Lipinski definition) is 1. The van der Waals surface area contributed by atoms with E-state index >= 15 is 0 Å². The summed E-state index contributed by atoms with van der Waals surface area (Å²) in [6.07, 6.45) is 3.12. The Bertz CT molecular complexity index is 702. The molecule has 1 aliphatic carbocycles. The van der Waals surface area contributed by atoms with Crippen LogP contribution in [0.5, 0.6) is 0 Å². The maximum atomic E-state index is 12.3. The predicted octanol–water partition coefficient (Wildman–Crippen LogP) is 1.18. The van der Waals surface area contributed by atoms with Gasteiger partial charge in [-0.1, -0.05) is 6.08 Å². The molecular weight excluding hydrogens is 214 g/mol. The lowest BCUT2D eigenvalue weighted by Crippen LogP contribution is -2.31. The lowest BCUT2D eigenvalue weighted by Gasteiger charge is -2.13. The van der Waals surface area contributed by atoms with E-state index in [1.165, 1.54) is 0 Å². The minimum absolute atomic E-state index is 0.0584. The van der Waals surface area contributed by atoms with Gasteiger partial charge in [0.05, 0.1) is 10.9 Å². The summed E-state index contributed by atoms with van der Waals surface area (Å²) in [5.74, 6) is 0.324. The van der Waals surface area contributed by atoms with Crippen LogP contribution in [-0.2, 0) is 6.54 Å². The van der Waals surface area contributed by atoms with Crippen molar-refractivity contribution in [2.75, 3.05) is 0 Å². The van der Waals surface area contributed by atoms with E-state index in [9.17, 15) is 9.90 Å². The summed E-state index contributed by atoms with van der Waals surface area (Å²) in [4.78, 5) is 12.3. The zero-order valence-electron chi connectivity index (χ0n) is 10.3. The molecule has 0 unspecified atom stereocenters. The van der Waals surface area contributed by atoms with Gasteiger partial charge >= 0.3 is 0 Å². The third kappa shape index (κ3) is 1.09. The summed E-state index contributed by atoms with van der Waals surface area (Å²) in [6, 6.07) is 0. The molecule has 0 amide bonds. The highest BCUT2D eigenvalue weighted by Crippen LogP contribution is 2.22. The van der Waals surface area contributed by atoms with Crippen molar-refractivity contribution in [1.82, 2.24) is 4.57 Å². The van der Waals surface area contributed by atoms with Crippen molar-refractivity contribution in [2.45, 2.75) is 33.7 Å². The molecule has 1 aromatic heterocycles. The zero-order chi connectivity index (χ0) is 12.3. The number of rotatable bonds is 0. The number of nitrogens with zero attached hydrogens (tertiary/aromatic N) is 1. The Morgan fingerprint density at radius 3 is 2.65 bits per heavy atom. The molecule has 0 atom stereocenters. The van der Waals surface area contributed by atoms with Crippen molar-refractivity contribution >= 4 is 17.6 Å². The fourth-order valence-electron chi connectivity index (χ4n) is 2.83. The highest BCUT2D eigenvalue weighted by Gasteiger charge is 2.28. The molecular formula is C14H15NO2. The van der Waals surface area contributed by atoms with Gasteiger partial charge in [0.1, 0.15) is 5.76 Å². The van der Waals surface area contributed by atoms with Crippen molar-refractivity contribution in [1.29, 1.82) is 0 Å². The number of aliphatic hydroxyl groups is 1. The average molecular weight is 229 g/mol. The van der Waals surface area contributed by atoms with Crippen LogP contribution in [0.3, 0.4) is 0 Å². The van der Waals surface area contributed by atoms with Gasteiger partial charge in [-0.2, -0.15) is 0 Å². The van der Waals surface area contributed by atoms with E-state index in [1.54, 1.807) is 13.8 Å². The van der Waals surface area contributed by atoms with Crippen molar-refractivity contribution in [3.63, 3.8) is 0 Å². The lowest BCUT2D eigenvalue weighted by molar-refractivity contribution is 0.103. The highest BCUT2D eigenvalue weighted by atomic mass is 16.3. The summed E-state index contributed by atoms with van der Waals surface area (Å²) in [5, 5.41) is 12.1. The molecule has 0 saturated carbocycles. The maximum Gasteiger partial charge on any atom is 0.191 e. The first-order valence-electron chi connectivity index (χ1n) is 5.89. The summed E-state index contributed by atoms with van der Waals surface area (Å²) < 4.78 is 2.06. The van der Waals surface area contributed by atoms with Gasteiger partial charge in [0, 0.05) is 17.5 Å². The molecule has 0 radical (unpaired) electrons. The van der Waals surface area contributed by atoms with Crippen molar-refractivity contribution in [3.8, 4) is 0 Å². The minimum Gasteiger partial charge on any atom is -0.505 e. The summed E-state index contributed by atoms with van der Waals surface area (Å²) in [5.41, 5.74) is 3.05. The minimum atomic E-state index is 0.0584. The quantitative estimate of drug-likeness (QED) is 0.726. The van der Waals surface area contributed by atoms with Crippen LogP contribution in [0, 0.1) is 6.92 Å². The monoisotopic (exact) mass is 229 g/mol. The fourth-order valence-corrected chi connectivity index (χ4v) is 2.83. The molecule has 88 valence electrons. The van der Waals surface area contributed by atoms with E-state index in [2.05, 4.69) is 10.6 Å². The van der Waals surface area contributed by atoms with Crippen LogP contribution in [0.25, 0.3) is 11.8 Å². The SMILES string of the molecule is CC1=C(C)C(O)=c2c(c(C)c3n2CCC=3)C1=O. The van der Waals surface area contributed by atoms with Crippen LogP contribution >= 0.6 is 0 Å². The third-order valence-electron chi connectivity index (χ3n) is 3.96. The van der Waals surface area contributed by atoms with Gasteiger partial charge in [0.2, 0.25) is 0 Å². The number of aliphatic hydroxyl groups excluding tert-OH is 1. The van der Waals surface area contributed by atoms with Gasteiger partial charge in [-0.3, -0.25) is 4.79 Å². The number of allylic oxidation sites excluding steroid dienone is 1. The van der Waals surface area contributed by atoms with Crippen LogP contribution in [0.1, 0.15) is 36.2 Å². The summed E-state index contributed by atoms with van der Waals surface area (Å²) in [6.45, 7) is 6.41. The normalized spacial score (nSPS) is 18.3. The van der Waals surface area contributed by atoms with E-state index in [4.69, 9.17) is 0 Å². The Labute approximate surface area is 99.4 Å². The first-order valence-corrected chi connectivity index (χ1v) is 5.89. The van der Waals surface area contributed by atoms with Crippen LogP contribution < -0.4 is 10.7 Å². The molecule has 0 spiro atoms. The van der Waals surface area contributed by atoms with Crippen LogP contribution in [0.15, 0.2) is 11.1 Å². The molecule has 1 aliphatic heterocycles. The van der Waals surface area contributed by atoms with Gasteiger partial charge in [-0.25, -0.2) is 0 Å². The first kappa shape index (κ1) is 10.4. The Balaban J connectivity index is 2.57. The Morgan fingerprint density at radius 1 is 1.24 bits per heavy atom. The Morgan fingerprint density at radius 2 is 1.94 bits per heavy atom. The zero-order valence-corrected chi connectivity index (χ0v) is 10.3. The fraction of sp³-hybridized carbons (Fsp3) is 0.357. The van der Waals surface area contributed by atoms with Gasteiger partial charge < -0.3 is 9.67 Å². The third-order valence-corrected chi connectivity index (χ3v) is 3.96. The number of aromatic nitrogens is 1. The second-order valence-corrected chi connectivity index (χ2v) is 4.81. The topological polar surface area (TPSA) is 42.2 Å². The van der Waals surface area contributed by atoms with Crippen LogP contribution in [-0.4, -0.2) is 15.5 Å². The molecule has 3 heteroatoms.